The normalized spacial score (nSPS) is 23.7. The van der Waals surface area contributed by atoms with Gasteiger partial charge in [0.1, 0.15) is 0 Å². The zero-order chi connectivity index (χ0) is 12.6. The van der Waals surface area contributed by atoms with E-state index in [-0.39, 0.29) is 0 Å². The number of likely N-dealkylation sites (N-methyl/N-ethyl adjacent to an activating group) is 1. The Bertz CT molecular complexity index is 250. The third-order valence-electron chi connectivity index (χ3n) is 4.81. The van der Waals surface area contributed by atoms with Crippen LogP contribution in [-0.2, 0) is 0 Å². The zero-order valence-electron chi connectivity index (χ0n) is 12.2. The van der Waals surface area contributed by atoms with Crippen LogP contribution in [0.3, 0.4) is 0 Å². The van der Waals surface area contributed by atoms with Crippen molar-refractivity contribution in [1.29, 1.82) is 0 Å². The molecule has 1 fully saturated rings. The van der Waals surface area contributed by atoms with Gasteiger partial charge in [-0.1, -0.05) is 50.7 Å². The van der Waals surface area contributed by atoms with Gasteiger partial charge in [0.05, 0.1) is 0 Å². The molecular weight excluding hydrogens is 218 g/mol. The van der Waals surface area contributed by atoms with Gasteiger partial charge < -0.3 is 5.32 Å². The SMILES string of the molecule is CCNC(CCC1CCCC1)C1=CCCCCC1. The fraction of sp³-hybridized carbons (Fsp3) is 0.882. The van der Waals surface area contributed by atoms with Crippen LogP contribution in [0, 0.1) is 5.92 Å². The van der Waals surface area contributed by atoms with Crippen molar-refractivity contribution in [3.63, 3.8) is 0 Å². The first-order chi connectivity index (χ1) is 8.90. The summed E-state index contributed by atoms with van der Waals surface area (Å²) in [7, 11) is 0. The fourth-order valence-corrected chi connectivity index (χ4v) is 3.72. The van der Waals surface area contributed by atoms with Crippen molar-refractivity contribution in [3.05, 3.63) is 11.6 Å². The third-order valence-corrected chi connectivity index (χ3v) is 4.81. The highest BCUT2D eigenvalue weighted by atomic mass is 14.9. The van der Waals surface area contributed by atoms with Crippen molar-refractivity contribution in [2.45, 2.75) is 83.6 Å². The maximum Gasteiger partial charge on any atom is 0.0279 e. The quantitative estimate of drug-likeness (QED) is 0.665. The lowest BCUT2D eigenvalue weighted by atomic mass is 9.92. The Kier molecular flexibility index (Phi) is 6.26. The van der Waals surface area contributed by atoms with E-state index < -0.39 is 0 Å². The summed E-state index contributed by atoms with van der Waals surface area (Å²) < 4.78 is 0. The number of allylic oxidation sites excluding steroid dienone is 1. The lowest BCUT2D eigenvalue weighted by Crippen LogP contribution is -2.31. The predicted octanol–water partition coefficient (Wildman–Crippen LogP) is 4.83. The average Bonchev–Trinajstić information content (AvgIpc) is 2.75. The number of hydrogen-bond acceptors (Lipinski definition) is 1. The van der Waals surface area contributed by atoms with Crippen LogP contribution < -0.4 is 5.32 Å². The Morgan fingerprint density at radius 2 is 2.00 bits per heavy atom. The molecule has 0 bridgehead atoms. The molecule has 0 amide bonds. The second kappa shape index (κ2) is 7.99. The lowest BCUT2D eigenvalue weighted by Gasteiger charge is -2.22. The predicted molar refractivity (Wildman–Crippen MR) is 79.8 cm³/mol. The molecule has 0 spiro atoms. The summed E-state index contributed by atoms with van der Waals surface area (Å²) in [5, 5.41) is 3.74. The van der Waals surface area contributed by atoms with Gasteiger partial charge in [-0.05, 0) is 51.0 Å². The standard InChI is InChI=1S/C17H31N/c1-2-18-17(14-13-15-9-7-8-10-15)16-11-5-3-4-6-12-16/h11,15,17-18H,2-10,12-14H2,1H3. The summed E-state index contributed by atoms with van der Waals surface area (Å²) in [6.45, 7) is 3.37. The van der Waals surface area contributed by atoms with Crippen LogP contribution in [0.15, 0.2) is 11.6 Å². The zero-order valence-corrected chi connectivity index (χ0v) is 12.2. The molecule has 1 unspecified atom stereocenters. The molecule has 0 aromatic heterocycles. The molecular formula is C17H31N. The molecule has 2 aliphatic rings. The minimum Gasteiger partial charge on any atom is -0.311 e. The summed E-state index contributed by atoms with van der Waals surface area (Å²) in [6, 6.07) is 0.689. The largest absolute Gasteiger partial charge is 0.311 e. The summed E-state index contributed by atoms with van der Waals surface area (Å²) >= 11 is 0. The van der Waals surface area contributed by atoms with E-state index in [1.807, 2.05) is 0 Å². The van der Waals surface area contributed by atoms with Crippen molar-refractivity contribution in [2.24, 2.45) is 5.92 Å². The molecule has 0 aromatic rings. The lowest BCUT2D eigenvalue weighted by molar-refractivity contribution is 0.429. The smallest absolute Gasteiger partial charge is 0.0279 e. The van der Waals surface area contributed by atoms with E-state index in [9.17, 15) is 0 Å². The number of hydrogen-bond donors (Lipinski definition) is 1. The van der Waals surface area contributed by atoms with E-state index in [0.717, 1.165) is 12.5 Å². The topological polar surface area (TPSA) is 12.0 Å². The molecule has 0 aromatic carbocycles. The molecule has 1 nitrogen and oxygen atoms in total. The Balaban J connectivity index is 1.83. The molecule has 1 atom stereocenters. The van der Waals surface area contributed by atoms with Gasteiger partial charge in [-0.2, -0.15) is 0 Å². The molecule has 1 N–H and O–H groups in total. The Hall–Kier alpha value is -0.300. The second-order valence-corrected chi connectivity index (χ2v) is 6.22. The van der Waals surface area contributed by atoms with Crippen LogP contribution in [0.1, 0.15) is 77.6 Å². The number of nitrogens with one attached hydrogen (secondary N) is 1. The van der Waals surface area contributed by atoms with Gasteiger partial charge in [0.15, 0.2) is 0 Å². The van der Waals surface area contributed by atoms with Crippen molar-refractivity contribution in [1.82, 2.24) is 5.32 Å². The minimum atomic E-state index is 0.689. The van der Waals surface area contributed by atoms with Gasteiger partial charge in [0, 0.05) is 6.04 Å². The molecule has 1 saturated carbocycles. The first-order valence-corrected chi connectivity index (χ1v) is 8.32. The van der Waals surface area contributed by atoms with Crippen LogP contribution in [0.4, 0.5) is 0 Å². The van der Waals surface area contributed by atoms with Crippen molar-refractivity contribution >= 4 is 0 Å². The van der Waals surface area contributed by atoms with Crippen LogP contribution >= 0.6 is 0 Å². The van der Waals surface area contributed by atoms with Crippen molar-refractivity contribution in [2.75, 3.05) is 6.54 Å². The van der Waals surface area contributed by atoms with Gasteiger partial charge in [-0.25, -0.2) is 0 Å². The molecule has 2 rings (SSSR count). The van der Waals surface area contributed by atoms with Crippen LogP contribution in [-0.4, -0.2) is 12.6 Å². The molecule has 1 heteroatoms. The van der Waals surface area contributed by atoms with Crippen LogP contribution in [0.25, 0.3) is 0 Å². The number of rotatable bonds is 6. The van der Waals surface area contributed by atoms with Gasteiger partial charge in [-0.3, -0.25) is 0 Å². The minimum absolute atomic E-state index is 0.689. The van der Waals surface area contributed by atoms with E-state index in [1.54, 1.807) is 5.57 Å². The van der Waals surface area contributed by atoms with E-state index >= 15 is 0 Å². The highest BCUT2D eigenvalue weighted by Crippen LogP contribution is 2.30. The van der Waals surface area contributed by atoms with Gasteiger partial charge >= 0.3 is 0 Å². The molecule has 0 radical (unpaired) electrons. The maximum absolute atomic E-state index is 3.74. The summed E-state index contributed by atoms with van der Waals surface area (Å²) in [4.78, 5) is 0. The molecule has 0 aliphatic heterocycles. The summed E-state index contributed by atoms with van der Waals surface area (Å²) in [5.74, 6) is 1.04. The highest BCUT2D eigenvalue weighted by Gasteiger charge is 2.19. The van der Waals surface area contributed by atoms with E-state index in [4.69, 9.17) is 0 Å². The Morgan fingerprint density at radius 1 is 1.17 bits per heavy atom. The maximum atomic E-state index is 3.74. The highest BCUT2D eigenvalue weighted by molar-refractivity contribution is 5.12. The Morgan fingerprint density at radius 3 is 2.78 bits per heavy atom. The van der Waals surface area contributed by atoms with E-state index in [1.165, 1.54) is 70.6 Å². The van der Waals surface area contributed by atoms with Gasteiger partial charge in [0.25, 0.3) is 0 Å². The monoisotopic (exact) mass is 249 g/mol. The Labute approximate surface area is 113 Å². The van der Waals surface area contributed by atoms with Crippen molar-refractivity contribution in [3.8, 4) is 0 Å². The second-order valence-electron chi connectivity index (χ2n) is 6.22. The first kappa shape index (κ1) is 14.1. The van der Waals surface area contributed by atoms with E-state index in [2.05, 4.69) is 18.3 Å². The molecule has 0 saturated heterocycles. The fourth-order valence-electron chi connectivity index (χ4n) is 3.72. The third kappa shape index (κ3) is 4.42. The van der Waals surface area contributed by atoms with Crippen LogP contribution in [0.2, 0.25) is 0 Å². The van der Waals surface area contributed by atoms with E-state index in [0.29, 0.717) is 6.04 Å². The molecule has 18 heavy (non-hydrogen) atoms. The summed E-state index contributed by atoms with van der Waals surface area (Å²) in [6.07, 6.45) is 18.3. The molecule has 104 valence electrons. The first-order valence-electron chi connectivity index (χ1n) is 8.32. The van der Waals surface area contributed by atoms with Gasteiger partial charge in [-0.15, -0.1) is 0 Å². The average molecular weight is 249 g/mol. The van der Waals surface area contributed by atoms with Crippen LogP contribution in [0.5, 0.6) is 0 Å². The molecule has 0 heterocycles. The molecule has 2 aliphatic carbocycles. The summed E-state index contributed by atoms with van der Waals surface area (Å²) in [5.41, 5.74) is 1.73. The van der Waals surface area contributed by atoms with Crippen molar-refractivity contribution < 1.29 is 0 Å². The van der Waals surface area contributed by atoms with Gasteiger partial charge in [0.2, 0.25) is 0 Å².